The molecule has 1 heterocycles. The fourth-order valence-electron chi connectivity index (χ4n) is 1.60. The molecule has 1 aliphatic rings. The number of hydrogen-bond donors (Lipinski definition) is 0. The van der Waals surface area contributed by atoms with Crippen molar-refractivity contribution in [3.05, 3.63) is 0 Å². The number of aldehydes is 1. The van der Waals surface area contributed by atoms with Gasteiger partial charge in [-0.25, -0.2) is 0 Å². The molecule has 0 aromatic rings. The first kappa shape index (κ1) is 11.9. The van der Waals surface area contributed by atoms with Gasteiger partial charge in [0.05, 0.1) is 0 Å². The van der Waals surface area contributed by atoms with Gasteiger partial charge in [-0.05, 0) is 26.8 Å². The van der Waals surface area contributed by atoms with Crippen molar-refractivity contribution in [3.8, 4) is 0 Å². The van der Waals surface area contributed by atoms with Gasteiger partial charge in [-0.2, -0.15) is 0 Å². The Balaban J connectivity index is 2.47. The summed E-state index contributed by atoms with van der Waals surface area (Å²) in [5.41, 5.74) is 0. The molecule has 0 aromatic carbocycles. The van der Waals surface area contributed by atoms with Gasteiger partial charge in [-0.1, -0.05) is 0 Å². The predicted octanol–water partition coefficient (Wildman–Crippen LogP) is 0.808. The molecular formula is C10H19NO2S. The van der Waals surface area contributed by atoms with Crippen LogP contribution in [0, 0.1) is 0 Å². The van der Waals surface area contributed by atoms with E-state index in [-0.39, 0.29) is 4.75 Å². The van der Waals surface area contributed by atoms with Gasteiger partial charge in [0, 0.05) is 40.8 Å². The Morgan fingerprint density at radius 2 is 2.14 bits per heavy atom. The zero-order chi connectivity index (χ0) is 10.6. The summed E-state index contributed by atoms with van der Waals surface area (Å²) >= 11 is 0. The van der Waals surface area contributed by atoms with Crippen LogP contribution in [0.25, 0.3) is 0 Å². The van der Waals surface area contributed by atoms with Gasteiger partial charge >= 0.3 is 0 Å². The third-order valence-corrected chi connectivity index (χ3v) is 4.79. The lowest BCUT2D eigenvalue weighted by Crippen LogP contribution is -2.28. The summed E-state index contributed by atoms with van der Waals surface area (Å²) in [5.74, 6) is 0.742. The van der Waals surface area contributed by atoms with Crippen LogP contribution < -0.4 is 0 Å². The molecule has 1 rings (SSSR count). The van der Waals surface area contributed by atoms with Gasteiger partial charge in [0.25, 0.3) is 0 Å². The summed E-state index contributed by atoms with van der Waals surface area (Å²) < 4.78 is 11.7. The number of rotatable bonds is 3. The topological polar surface area (TPSA) is 37.4 Å². The highest BCUT2D eigenvalue weighted by molar-refractivity contribution is 7.86. The van der Waals surface area contributed by atoms with Crippen molar-refractivity contribution < 1.29 is 9.00 Å². The van der Waals surface area contributed by atoms with Crippen LogP contribution in [-0.2, 0) is 15.6 Å². The minimum atomic E-state index is -0.724. The second-order valence-corrected chi connectivity index (χ2v) is 6.56. The van der Waals surface area contributed by atoms with E-state index < -0.39 is 10.8 Å². The molecule has 14 heavy (non-hydrogen) atoms. The Morgan fingerprint density at radius 1 is 1.43 bits per heavy atom. The normalized spacial score (nSPS) is 28.3. The molecule has 1 saturated heterocycles. The molecular weight excluding hydrogens is 198 g/mol. The highest BCUT2D eigenvalue weighted by atomic mass is 32.2. The monoisotopic (exact) mass is 217 g/mol. The first-order valence-electron chi connectivity index (χ1n) is 5.11. The first-order valence-corrected chi connectivity index (χ1v) is 6.42. The molecule has 0 bridgehead atoms. The average Bonchev–Trinajstić information content (AvgIpc) is 2.26. The second-order valence-electron chi connectivity index (χ2n) is 4.36. The van der Waals surface area contributed by atoms with Crippen LogP contribution in [0.4, 0.5) is 0 Å². The molecule has 0 saturated carbocycles. The lowest BCUT2D eigenvalue weighted by atomic mass is 10.1. The molecule has 3 nitrogen and oxygen atoms in total. The molecule has 0 N–H and O–H groups in total. The van der Waals surface area contributed by atoms with Gasteiger partial charge in [-0.3, -0.25) is 4.21 Å². The maximum absolute atomic E-state index is 11.8. The van der Waals surface area contributed by atoms with Crippen LogP contribution in [-0.4, -0.2) is 45.5 Å². The Morgan fingerprint density at radius 3 is 2.79 bits per heavy atom. The van der Waals surface area contributed by atoms with Crippen LogP contribution in [0.2, 0.25) is 0 Å². The number of nitrogens with zero attached hydrogens (tertiary/aromatic N) is 1. The van der Waals surface area contributed by atoms with Gasteiger partial charge in [0.15, 0.2) is 0 Å². The Bertz CT molecular complexity index is 228. The molecule has 0 radical (unpaired) electrons. The summed E-state index contributed by atoms with van der Waals surface area (Å²) in [6.07, 6.45) is 2.50. The van der Waals surface area contributed by atoms with E-state index in [4.69, 9.17) is 0 Å². The maximum atomic E-state index is 11.8. The SMILES string of the molecule is CC1(C)CCN(CCC=O)CCS1=O. The Kier molecular flexibility index (Phi) is 4.26. The summed E-state index contributed by atoms with van der Waals surface area (Å²) in [6.45, 7) is 6.77. The second kappa shape index (κ2) is 5.03. The average molecular weight is 217 g/mol. The number of hydrogen-bond acceptors (Lipinski definition) is 3. The fourth-order valence-corrected chi connectivity index (χ4v) is 2.90. The van der Waals surface area contributed by atoms with Crippen molar-refractivity contribution in [1.82, 2.24) is 4.90 Å². The van der Waals surface area contributed by atoms with Crippen LogP contribution in [0.15, 0.2) is 0 Å². The summed E-state index contributed by atoms with van der Waals surface area (Å²) in [6, 6.07) is 0. The van der Waals surface area contributed by atoms with Crippen molar-refractivity contribution in [2.24, 2.45) is 0 Å². The van der Waals surface area contributed by atoms with E-state index in [9.17, 15) is 9.00 Å². The molecule has 0 aromatic heterocycles. The fraction of sp³-hybridized carbons (Fsp3) is 0.900. The third kappa shape index (κ3) is 3.17. The quantitative estimate of drug-likeness (QED) is 0.656. The molecule has 1 aliphatic heterocycles. The summed E-state index contributed by atoms with van der Waals surface area (Å²) in [7, 11) is -0.724. The smallest absolute Gasteiger partial charge is 0.121 e. The van der Waals surface area contributed by atoms with Gasteiger partial charge in [0.1, 0.15) is 6.29 Å². The highest BCUT2D eigenvalue weighted by Crippen LogP contribution is 2.21. The first-order chi connectivity index (χ1) is 6.56. The molecule has 0 aliphatic carbocycles. The van der Waals surface area contributed by atoms with Crippen molar-refractivity contribution in [1.29, 1.82) is 0 Å². The molecule has 82 valence electrons. The Hall–Kier alpha value is -0.220. The van der Waals surface area contributed by atoms with E-state index >= 15 is 0 Å². The summed E-state index contributed by atoms with van der Waals surface area (Å²) in [5, 5.41) is 0. The highest BCUT2D eigenvalue weighted by Gasteiger charge is 2.29. The Labute approximate surface area is 88.3 Å². The predicted molar refractivity (Wildman–Crippen MR) is 58.8 cm³/mol. The van der Waals surface area contributed by atoms with E-state index in [1.807, 2.05) is 0 Å². The van der Waals surface area contributed by atoms with Crippen LogP contribution >= 0.6 is 0 Å². The van der Waals surface area contributed by atoms with Crippen molar-refractivity contribution in [3.63, 3.8) is 0 Å². The third-order valence-electron chi connectivity index (χ3n) is 2.80. The van der Waals surface area contributed by atoms with Crippen molar-refractivity contribution in [2.75, 3.05) is 25.4 Å². The van der Waals surface area contributed by atoms with Gasteiger partial charge in [0.2, 0.25) is 0 Å². The zero-order valence-electron chi connectivity index (χ0n) is 8.99. The van der Waals surface area contributed by atoms with Gasteiger partial charge < -0.3 is 9.69 Å². The molecule has 4 heteroatoms. The number of carbonyl (C=O) groups excluding carboxylic acids is 1. The maximum Gasteiger partial charge on any atom is 0.121 e. The van der Waals surface area contributed by atoms with E-state index in [0.29, 0.717) is 6.42 Å². The van der Waals surface area contributed by atoms with Crippen molar-refractivity contribution in [2.45, 2.75) is 31.4 Å². The molecule has 1 atom stereocenters. The minimum Gasteiger partial charge on any atom is -0.303 e. The van der Waals surface area contributed by atoms with Crippen LogP contribution in [0.5, 0.6) is 0 Å². The lowest BCUT2D eigenvalue weighted by molar-refractivity contribution is -0.108. The van der Waals surface area contributed by atoms with E-state index in [1.54, 1.807) is 0 Å². The van der Waals surface area contributed by atoms with Crippen LogP contribution in [0.3, 0.4) is 0 Å². The minimum absolute atomic E-state index is 0.0596. The van der Waals surface area contributed by atoms with Crippen molar-refractivity contribution >= 4 is 17.1 Å². The molecule has 1 unspecified atom stereocenters. The number of carbonyl (C=O) groups is 1. The molecule has 0 spiro atoms. The summed E-state index contributed by atoms with van der Waals surface area (Å²) in [4.78, 5) is 12.5. The van der Waals surface area contributed by atoms with E-state index in [0.717, 1.165) is 38.1 Å². The van der Waals surface area contributed by atoms with E-state index in [1.165, 1.54) is 0 Å². The van der Waals surface area contributed by atoms with Gasteiger partial charge in [-0.15, -0.1) is 0 Å². The largest absolute Gasteiger partial charge is 0.303 e. The molecule has 0 amide bonds. The lowest BCUT2D eigenvalue weighted by Gasteiger charge is -2.21. The standard InChI is InChI=1S/C10H19NO2S/c1-10(2)4-6-11(5-3-8-12)7-9-14(10)13/h8H,3-7,9H2,1-2H3. The zero-order valence-corrected chi connectivity index (χ0v) is 9.81. The van der Waals surface area contributed by atoms with E-state index in [2.05, 4.69) is 18.7 Å². The molecule has 1 fully saturated rings. The van der Waals surface area contributed by atoms with Crippen LogP contribution in [0.1, 0.15) is 26.7 Å².